The number of cyclic esters (lactones) is 1. The number of rotatable bonds is 27. The molecular weight excluding hydrogens is 1040 g/mol. The van der Waals surface area contributed by atoms with Gasteiger partial charge in [0.15, 0.2) is 6.10 Å². The van der Waals surface area contributed by atoms with Crippen molar-refractivity contribution in [3.8, 4) is 0 Å². The van der Waals surface area contributed by atoms with Gasteiger partial charge in [-0.2, -0.15) is 9.29 Å². The topological polar surface area (TPSA) is 326 Å². The second-order valence-corrected chi connectivity index (χ2v) is 24.6. The number of esters is 2. The van der Waals surface area contributed by atoms with Gasteiger partial charge in [-0.3, -0.25) is 23.2 Å². The molecule has 0 saturated carbocycles. The summed E-state index contributed by atoms with van der Waals surface area (Å²) in [7, 11) is -11.3. The van der Waals surface area contributed by atoms with Crippen molar-refractivity contribution >= 4 is 33.4 Å². The molecule has 0 amide bonds. The van der Waals surface area contributed by atoms with E-state index in [9.17, 15) is 58.8 Å². The molecule has 2 aliphatic rings. The van der Waals surface area contributed by atoms with Crippen LogP contribution in [0.25, 0.3) is 0 Å². The molecule has 0 aliphatic carbocycles. The summed E-state index contributed by atoms with van der Waals surface area (Å²) < 4.78 is 59.4. The van der Waals surface area contributed by atoms with Crippen LogP contribution in [0, 0.1) is 17.8 Å². The first-order valence-electron chi connectivity index (χ1n) is 28.8. The average molecular weight is 1140 g/mol. The maximum absolute atomic E-state index is 13.4. The molecule has 2 bridgehead atoms. The third-order valence-corrected chi connectivity index (χ3v) is 17.0. The molecule has 1 aromatic heterocycles. The number of phosphoric ester groups is 2. The van der Waals surface area contributed by atoms with Gasteiger partial charge >= 0.3 is 33.3 Å². The van der Waals surface area contributed by atoms with Gasteiger partial charge in [0.25, 0.3) is 0 Å². The van der Waals surface area contributed by atoms with E-state index in [0.717, 1.165) is 49.0 Å². The number of hydrogen-bond donors (Lipinski definition) is 8. The molecule has 3 rings (SSSR count). The highest BCUT2D eigenvalue weighted by Gasteiger charge is 2.45. The van der Waals surface area contributed by atoms with Crippen LogP contribution in [0.15, 0.2) is 29.2 Å². The van der Waals surface area contributed by atoms with E-state index in [0.29, 0.717) is 44.9 Å². The summed E-state index contributed by atoms with van der Waals surface area (Å²) in [5.41, 5.74) is 4.82. The molecule has 2 saturated heterocycles. The molecule has 2 unspecified atom stereocenters. The lowest BCUT2D eigenvalue weighted by atomic mass is 9.82. The largest absolute Gasteiger partial charge is 0.481 e. The van der Waals surface area contributed by atoms with Gasteiger partial charge in [-0.25, -0.2) is 13.9 Å². The monoisotopic (exact) mass is 1140 g/mol. The highest BCUT2D eigenvalue weighted by atomic mass is 31.3. The molecule has 2 fully saturated rings. The van der Waals surface area contributed by atoms with E-state index < -0.39 is 120 Å². The number of nitrogens with zero attached hydrogens (tertiary/aromatic N) is 2. The number of nitrogen functional groups attached to an aromatic ring is 1. The van der Waals surface area contributed by atoms with Crippen molar-refractivity contribution in [2.24, 2.45) is 17.8 Å². The fourth-order valence-electron chi connectivity index (χ4n) is 9.81. The average Bonchev–Trinajstić information content (AvgIpc) is 3.36. The molecule has 2 aliphatic heterocycles. The van der Waals surface area contributed by atoms with Gasteiger partial charge < -0.3 is 55.3 Å². The third kappa shape index (κ3) is 29.1. The summed E-state index contributed by atoms with van der Waals surface area (Å²) in [5.74, 6) is -3.18. The summed E-state index contributed by atoms with van der Waals surface area (Å²) in [6.07, 6.45) is 14.9. The van der Waals surface area contributed by atoms with Gasteiger partial charge in [0.05, 0.1) is 37.6 Å². The van der Waals surface area contributed by atoms with E-state index in [4.69, 9.17) is 29.0 Å². The molecule has 3 heterocycles. The fraction of sp³-hybridized carbons (Fsp3) is 0.852. The predicted octanol–water partition coefficient (Wildman–Crippen LogP) is 9.02. The van der Waals surface area contributed by atoms with Crippen LogP contribution in [0.1, 0.15) is 213 Å². The Morgan fingerprint density at radius 2 is 1.35 bits per heavy atom. The Balaban J connectivity index is 1.69. The highest BCUT2D eigenvalue weighted by molar-refractivity contribution is 7.61. The van der Waals surface area contributed by atoms with E-state index in [1.807, 2.05) is 6.92 Å². The van der Waals surface area contributed by atoms with Gasteiger partial charge in [-0.05, 0) is 37.7 Å². The van der Waals surface area contributed by atoms with Crippen LogP contribution in [0.5, 0.6) is 0 Å². The summed E-state index contributed by atoms with van der Waals surface area (Å²) in [6.45, 7) is 3.90. The summed E-state index contributed by atoms with van der Waals surface area (Å²) in [6, 6.07) is 1.26. The van der Waals surface area contributed by atoms with Crippen molar-refractivity contribution in [1.29, 1.82) is 0 Å². The number of phosphoric acid groups is 2. The maximum atomic E-state index is 13.4. The molecule has 0 radical (unpaired) electrons. The van der Waals surface area contributed by atoms with Crippen molar-refractivity contribution < 1.29 is 81.6 Å². The fourth-order valence-corrected chi connectivity index (χ4v) is 11.9. The van der Waals surface area contributed by atoms with Crippen LogP contribution in [0.3, 0.4) is 0 Å². The number of anilines is 1. The molecule has 21 nitrogen and oxygen atoms in total. The molecule has 9 N–H and O–H groups in total. The van der Waals surface area contributed by atoms with Gasteiger partial charge in [0.2, 0.25) is 0 Å². The van der Waals surface area contributed by atoms with Crippen LogP contribution in [0.4, 0.5) is 5.82 Å². The van der Waals surface area contributed by atoms with E-state index in [1.54, 1.807) is 0 Å². The molecule has 77 heavy (non-hydrogen) atoms. The van der Waals surface area contributed by atoms with E-state index in [2.05, 4.69) is 23.1 Å². The van der Waals surface area contributed by atoms with Crippen molar-refractivity contribution in [2.75, 3.05) is 25.6 Å². The zero-order chi connectivity index (χ0) is 56.6. The number of aromatic nitrogens is 2. The second-order valence-electron chi connectivity index (χ2n) is 21.6. The van der Waals surface area contributed by atoms with Gasteiger partial charge in [0.1, 0.15) is 30.9 Å². The van der Waals surface area contributed by atoms with Crippen LogP contribution in [0.2, 0.25) is 0 Å². The zero-order valence-electron chi connectivity index (χ0n) is 46.3. The third-order valence-electron chi connectivity index (χ3n) is 14.4. The van der Waals surface area contributed by atoms with Gasteiger partial charge in [-0.1, -0.05) is 174 Å². The zero-order valence-corrected chi connectivity index (χ0v) is 48.1. The number of carbonyl (C=O) groups excluding carboxylic acids is 2. The first-order chi connectivity index (χ1) is 36.7. The van der Waals surface area contributed by atoms with Gasteiger partial charge in [-0.15, -0.1) is 0 Å². The summed E-state index contributed by atoms with van der Waals surface area (Å²) in [4.78, 5) is 64.5. The van der Waals surface area contributed by atoms with Crippen molar-refractivity contribution in [3.63, 3.8) is 0 Å². The molecule has 0 spiro atoms. The second kappa shape index (κ2) is 38.2. The Hall–Kier alpha value is -2.62. The number of carbonyl (C=O) groups is 2. The Kier molecular flexibility index (Phi) is 34.0. The number of unbranched alkanes of at least 4 members (excludes halogenated alkanes) is 17. The molecule has 0 aromatic carbocycles. The quantitative estimate of drug-likeness (QED) is 0.0176. The Morgan fingerprint density at radius 3 is 1.95 bits per heavy atom. The smallest absolute Gasteiger partial charge is 0.462 e. The summed E-state index contributed by atoms with van der Waals surface area (Å²) in [5, 5.41) is 57.6. The minimum atomic E-state index is -5.70. The SMILES string of the molecule is CCCCC[C@H](O)/C=C/[C@@H]1[C@H](O)[C@H](O)[C@H]2COP(=O)(O)OP(=O)(O)OC[C@H](OC(=O)CCCCCCCCCCCCCCCCCCC(C)C)COC(=O)CCCCCC[C@H]([C@H](n3ccc(N)nc3=O)O2)[C@@H](O)C[C@H]1O. The predicted molar refractivity (Wildman–Crippen MR) is 291 cm³/mol. The lowest BCUT2D eigenvalue weighted by Gasteiger charge is -2.41. The van der Waals surface area contributed by atoms with E-state index in [1.165, 1.54) is 101 Å². The van der Waals surface area contributed by atoms with Crippen LogP contribution in [-0.4, -0.2) is 119 Å². The van der Waals surface area contributed by atoms with Gasteiger partial charge in [0, 0.05) is 37.3 Å². The first kappa shape index (κ1) is 68.7. The number of nitrogens with two attached hydrogens (primary N) is 1. The number of ether oxygens (including phenoxy) is 3. The lowest BCUT2D eigenvalue weighted by Crippen LogP contribution is -2.52. The Bertz CT molecular complexity index is 1980. The minimum absolute atomic E-state index is 0.0123. The van der Waals surface area contributed by atoms with Crippen molar-refractivity contribution in [2.45, 2.75) is 256 Å². The molecule has 12 atom stereocenters. The summed E-state index contributed by atoms with van der Waals surface area (Å²) >= 11 is 0. The standard InChI is InChI=1S/C54H97N3O18P2/c1-4-5-22-28-41(58)32-33-43-45(59)36-46(60)44-29-24-20-21-25-30-49(61)70-37-42(73-50(62)31-26-19-17-15-13-11-9-7-6-8-10-12-14-16-18-23-27-40(2)3)38-71-76(66,67)75-77(68,69)72-39-47(52(64)51(43)63)74-53(44)57-35-34-48(55)56-54(57)65/h32-35,40-47,51-53,58-60,63-64H,4-31,36-39H2,1-3H3,(H,66,67)(H,68,69)(H2,55,56,65)/b33-32+/t41-,42+,43-,44-,45+,46-,47+,51-,52+,53+/m0/s1. The highest BCUT2D eigenvalue weighted by Crippen LogP contribution is 2.60. The van der Waals surface area contributed by atoms with Crippen LogP contribution >= 0.6 is 15.6 Å². The number of aliphatic hydroxyl groups excluding tert-OH is 5. The Labute approximate surface area is 457 Å². The number of aliphatic hydroxyl groups is 5. The molecule has 446 valence electrons. The molecular formula is C54H97N3O18P2. The van der Waals surface area contributed by atoms with E-state index in [-0.39, 0.29) is 25.1 Å². The molecule has 1 aromatic rings. The van der Waals surface area contributed by atoms with Crippen molar-refractivity contribution in [1.82, 2.24) is 9.55 Å². The minimum Gasteiger partial charge on any atom is -0.462 e. The van der Waals surface area contributed by atoms with Crippen LogP contribution in [-0.2, 0) is 46.3 Å². The van der Waals surface area contributed by atoms with Crippen LogP contribution < -0.4 is 11.4 Å². The normalized spacial score (nSPS) is 29.4. The van der Waals surface area contributed by atoms with Crippen molar-refractivity contribution in [3.05, 3.63) is 34.9 Å². The molecule has 23 heteroatoms. The van der Waals surface area contributed by atoms with E-state index >= 15 is 0 Å². The first-order valence-corrected chi connectivity index (χ1v) is 31.8. The maximum Gasteiger partial charge on any atom is 0.481 e. The Morgan fingerprint density at radius 1 is 0.779 bits per heavy atom. The lowest BCUT2D eigenvalue weighted by molar-refractivity contribution is -0.195. The number of fused-ring (bicyclic) bond motifs is 3. The number of hydrogen-bond acceptors (Lipinski definition) is 18.